The van der Waals surface area contributed by atoms with E-state index in [4.69, 9.17) is 4.74 Å². The number of methoxy groups -OCH3 is 1. The molecule has 0 aliphatic carbocycles. The molecule has 0 aliphatic heterocycles. The second-order valence-electron chi connectivity index (χ2n) is 4.88. The molecule has 1 rings (SSSR count). The van der Waals surface area contributed by atoms with Crippen LogP contribution in [0.4, 0.5) is 11.4 Å². The second-order valence-corrected chi connectivity index (χ2v) is 4.88. The molecule has 7 heteroatoms. The van der Waals surface area contributed by atoms with E-state index in [0.717, 1.165) is 0 Å². The van der Waals surface area contributed by atoms with Crippen molar-refractivity contribution in [3.05, 3.63) is 33.9 Å². The molecule has 0 atom stereocenters. The summed E-state index contributed by atoms with van der Waals surface area (Å²) in [5, 5.41) is 16.3. The number of hydrogen-bond acceptors (Lipinski definition) is 5. The summed E-state index contributed by atoms with van der Waals surface area (Å²) in [6.45, 7) is 3.97. The van der Waals surface area contributed by atoms with Gasteiger partial charge in [-0.25, -0.2) is 0 Å². The van der Waals surface area contributed by atoms with E-state index in [2.05, 4.69) is 10.6 Å². The largest absolute Gasteiger partial charge is 0.387 e. The number of carbonyl (C=O) groups is 1. The maximum absolute atomic E-state index is 12.1. The number of amides is 1. The third kappa shape index (κ3) is 3.92. The van der Waals surface area contributed by atoms with E-state index in [1.54, 1.807) is 14.2 Å². The van der Waals surface area contributed by atoms with Gasteiger partial charge in [0.2, 0.25) is 0 Å². The Hall–Kier alpha value is -2.15. The van der Waals surface area contributed by atoms with Crippen molar-refractivity contribution in [3.8, 4) is 0 Å². The molecule has 2 N–H and O–H groups in total. The number of nitro benzene ring substituents is 1. The van der Waals surface area contributed by atoms with Gasteiger partial charge in [0.15, 0.2) is 0 Å². The van der Waals surface area contributed by atoms with Gasteiger partial charge in [-0.3, -0.25) is 14.9 Å². The highest BCUT2D eigenvalue weighted by atomic mass is 16.6. The number of non-ortho nitro benzene ring substituents is 1. The number of ether oxygens (including phenoxy) is 1. The minimum Gasteiger partial charge on any atom is -0.387 e. The van der Waals surface area contributed by atoms with Crippen molar-refractivity contribution in [3.63, 3.8) is 0 Å². The fourth-order valence-corrected chi connectivity index (χ4v) is 1.51. The molecule has 0 heterocycles. The van der Waals surface area contributed by atoms with Gasteiger partial charge in [-0.1, -0.05) is 0 Å². The van der Waals surface area contributed by atoms with Crippen molar-refractivity contribution < 1.29 is 14.5 Å². The van der Waals surface area contributed by atoms with Crippen molar-refractivity contribution in [2.24, 2.45) is 0 Å². The minimum atomic E-state index is -0.532. The van der Waals surface area contributed by atoms with Gasteiger partial charge in [0.05, 0.1) is 16.1 Å². The minimum absolute atomic E-state index is 0.125. The Labute approximate surface area is 117 Å². The molecule has 0 unspecified atom stereocenters. The van der Waals surface area contributed by atoms with Gasteiger partial charge >= 0.3 is 0 Å². The Morgan fingerprint density at radius 3 is 2.60 bits per heavy atom. The first-order valence-electron chi connectivity index (χ1n) is 6.10. The molecular formula is C13H19N3O4. The van der Waals surface area contributed by atoms with Crippen molar-refractivity contribution in [1.29, 1.82) is 0 Å². The van der Waals surface area contributed by atoms with Gasteiger partial charge < -0.3 is 15.4 Å². The highest BCUT2D eigenvalue weighted by Crippen LogP contribution is 2.22. The smallest absolute Gasteiger partial charge is 0.270 e. The zero-order chi connectivity index (χ0) is 15.3. The van der Waals surface area contributed by atoms with Crippen LogP contribution in [0.1, 0.15) is 24.2 Å². The average molecular weight is 281 g/mol. The van der Waals surface area contributed by atoms with E-state index in [1.165, 1.54) is 18.2 Å². The number of anilines is 1. The van der Waals surface area contributed by atoms with E-state index < -0.39 is 10.5 Å². The zero-order valence-electron chi connectivity index (χ0n) is 12.0. The first kappa shape index (κ1) is 15.9. The Kier molecular flexibility index (Phi) is 5.04. The molecule has 0 bridgehead atoms. The summed E-state index contributed by atoms with van der Waals surface area (Å²) in [5.41, 5.74) is 0.132. The second kappa shape index (κ2) is 6.33. The first-order valence-corrected chi connectivity index (χ1v) is 6.10. The van der Waals surface area contributed by atoms with E-state index >= 15 is 0 Å². The van der Waals surface area contributed by atoms with Gasteiger partial charge in [-0.15, -0.1) is 0 Å². The van der Waals surface area contributed by atoms with E-state index in [-0.39, 0.29) is 17.2 Å². The molecule has 110 valence electrons. The molecule has 7 nitrogen and oxygen atoms in total. The number of nitrogens with zero attached hydrogens (tertiary/aromatic N) is 1. The van der Waals surface area contributed by atoms with Crippen LogP contribution in [0.5, 0.6) is 0 Å². The molecule has 1 aromatic rings. The first-order chi connectivity index (χ1) is 9.30. The Morgan fingerprint density at radius 1 is 1.45 bits per heavy atom. The van der Waals surface area contributed by atoms with E-state index in [0.29, 0.717) is 12.2 Å². The van der Waals surface area contributed by atoms with Crippen LogP contribution >= 0.6 is 0 Å². The van der Waals surface area contributed by atoms with Crippen molar-refractivity contribution in [2.75, 3.05) is 26.0 Å². The lowest BCUT2D eigenvalue weighted by atomic mass is 10.1. The average Bonchev–Trinajstić information content (AvgIpc) is 2.44. The van der Waals surface area contributed by atoms with Gasteiger partial charge in [0.1, 0.15) is 0 Å². The molecule has 1 amide bonds. The Bertz CT molecular complexity index is 514. The molecule has 0 saturated carbocycles. The van der Waals surface area contributed by atoms with Crippen molar-refractivity contribution in [2.45, 2.75) is 19.4 Å². The molecule has 0 fully saturated rings. The van der Waals surface area contributed by atoms with E-state index in [9.17, 15) is 14.9 Å². The van der Waals surface area contributed by atoms with Crippen LogP contribution in [0, 0.1) is 10.1 Å². The van der Waals surface area contributed by atoms with Gasteiger partial charge in [-0.2, -0.15) is 0 Å². The molecule has 20 heavy (non-hydrogen) atoms. The number of nitro groups is 1. The Morgan fingerprint density at radius 2 is 2.10 bits per heavy atom. The van der Waals surface area contributed by atoms with Crippen LogP contribution < -0.4 is 10.6 Å². The lowest BCUT2D eigenvalue weighted by molar-refractivity contribution is -0.384. The predicted molar refractivity (Wildman–Crippen MR) is 76.1 cm³/mol. The topological polar surface area (TPSA) is 93.5 Å². The van der Waals surface area contributed by atoms with Crippen LogP contribution in [0.2, 0.25) is 0 Å². The number of hydrogen-bond donors (Lipinski definition) is 2. The summed E-state index contributed by atoms with van der Waals surface area (Å²) in [4.78, 5) is 22.4. The highest BCUT2D eigenvalue weighted by molar-refractivity contribution is 6.00. The number of carbonyl (C=O) groups excluding carboxylic acids is 1. The molecule has 1 aromatic carbocycles. The monoisotopic (exact) mass is 281 g/mol. The summed E-state index contributed by atoms with van der Waals surface area (Å²) < 4.78 is 5.20. The van der Waals surface area contributed by atoms with Gasteiger partial charge in [0.25, 0.3) is 11.6 Å². The van der Waals surface area contributed by atoms with Crippen LogP contribution in [0.25, 0.3) is 0 Å². The van der Waals surface area contributed by atoms with Crippen LogP contribution in [-0.4, -0.2) is 37.1 Å². The molecule has 0 radical (unpaired) electrons. The third-order valence-corrected chi connectivity index (χ3v) is 2.96. The summed E-state index contributed by atoms with van der Waals surface area (Å²) >= 11 is 0. The summed E-state index contributed by atoms with van der Waals surface area (Å²) in [5.74, 6) is -0.386. The molecule has 0 saturated heterocycles. The van der Waals surface area contributed by atoms with Gasteiger partial charge in [-0.05, 0) is 19.9 Å². The van der Waals surface area contributed by atoms with Crippen molar-refractivity contribution >= 4 is 17.3 Å². The summed E-state index contributed by atoms with van der Waals surface area (Å²) in [6.07, 6.45) is 0. The SMILES string of the molecule is CNc1ccc([N+](=O)[O-])cc1C(=O)NCC(C)(C)OC. The van der Waals surface area contributed by atoms with Crippen LogP contribution in [-0.2, 0) is 4.74 Å². The fourth-order valence-electron chi connectivity index (χ4n) is 1.51. The maximum atomic E-state index is 12.1. The molecule has 0 spiro atoms. The molecular weight excluding hydrogens is 262 g/mol. The standard InChI is InChI=1S/C13H19N3O4/c1-13(2,20-4)8-15-12(17)10-7-9(16(18)19)5-6-11(10)14-3/h5-7,14H,8H2,1-4H3,(H,15,17). The van der Waals surface area contributed by atoms with Gasteiger partial charge in [0, 0.05) is 38.5 Å². The van der Waals surface area contributed by atoms with E-state index in [1.807, 2.05) is 13.8 Å². The maximum Gasteiger partial charge on any atom is 0.270 e. The number of rotatable bonds is 6. The third-order valence-electron chi connectivity index (χ3n) is 2.96. The number of benzene rings is 1. The fraction of sp³-hybridized carbons (Fsp3) is 0.462. The Balaban J connectivity index is 2.96. The van der Waals surface area contributed by atoms with Crippen LogP contribution in [0.3, 0.4) is 0 Å². The summed E-state index contributed by atoms with van der Waals surface area (Å²) in [6, 6.07) is 4.11. The summed E-state index contributed by atoms with van der Waals surface area (Å²) in [7, 11) is 3.20. The molecule has 0 aliphatic rings. The lowest BCUT2D eigenvalue weighted by Crippen LogP contribution is -2.39. The molecule has 0 aromatic heterocycles. The normalized spacial score (nSPS) is 11.0. The lowest BCUT2D eigenvalue weighted by Gasteiger charge is -2.23. The van der Waals surface area contributed by atoms with Crippen molar-refractivity contribution in [1.82, 2.24) is 5.32 Å². The predicted octanol–water partition coefficient (Wildman–Crippen LogP) is 1.79. The number of nitrogens with one attached hydrogen (secondary N) is 2. The zero-order valence-corrected chi connectivity index (χ0v) is 12.0. The quantitative estimate of drug-likeness (QED) is 0.612. The highest BCUT2D eigenvalue weighted by Gasteiger charge is 2.20. The van der Waals surface area contributed by atoms with Crippen LogP contribution in [0.15, 0.2) is 18.2 Å².